The van der Waals surface area contributed by atoms with Crippen molar-refractivity contribution in [3.05, 3.63) is 30.1 Å². The second-order valence-corrected chi connectivity index (χ2v) is 8.68. The van der Waals surface area contributed by atoms with E-state index in [1.165, 1.54) is 12.8 Å². The van der Waals surface area contributed by atoms with Crippen molar-refractivity contribution in [1.82, 2.24) is 14.7 Å². The largest absolute Gasteiger partial charge is 0.450 e. The van der Waals surface area contributed by atoms with Gasteiger partial charge in [-0.05, 0) is 51.3 Å². The third-order valence-electron chi connectivity index (χ3n) is 6.96. The summed E-state index contributed by atoms with van der Waals surface area (Å²) in [6.45, 7) is 9.93. The molecule has 0 radical (unpaired) electrons. The fourth-order valence-electron chi connectivity index (χ4n) is 5.28. The van der Waals surface area contributed by atoms with Gasteiger partial charge in [-0.3, -0.25) is 9.80 Å². The zero-order valence-electron chi connectivity index (χ0n) is 18.1. The molecule has 0 aromatic heterocycles. The monoisotopic (exact) mass is 418 g/mol. The van der Waals surface area contributed by atoms with Crippen LogP contribution in [0.1, 0.15) is 32.6 Å². The molecule has 3 saturated heterocycles. The highest BCUT2D eigenvalue weighted by molar-refractivity contribution is 5.67. The average Bonchev–Trinajstić information content (AvgIpc) is 2.80. The summed E-state index contributed by atoms with van der Waals surface area (Å²) in [5, 5.41) is 0. The maximum absolute atomic E-state index is 14.1. The first-order valence-corrected chi connectivity index (χ1v) is 11.5. The molecule has 1 amide bonds. The standard InChI is InChI=1S/C23H35FN4O2/c1-2-30-23(29)27-12-9-19(10-13-27)28-11-5-6-20(18-28)25-14-16-26(17-15-25)22-8-4-3-7-21(22)24/h3-4,7-8,19-20H,2,5-6,9-18H2,1H3/t20-/m0/s1. The Balaban J connectivity index is 1.26. The molecule has 0 unspecified atom stereocenters. The Bertz CT molecular complexity index is 702. The molecule has 1 atom stereocenters. The van der Waals surface area contributed by atoms with Gasteiger partial charge in [-0.1, -0.05) is 12.1 Å². The van der Waals surface area contributed by atoms with Crippen LogP contribution in [0.5, 0.6) is 0 Å². The van der Waals surface area contributed by atoms with Gasteiger partial charge in [-0.15, -0.1) is 0 Å². The van der Waals surface area contributed by atoms with Crippen LogP contribution in [0.3, 0.4) is 0 Å². The molecule has 0 spiro atoms. The molecule has 6 nitrogen and oxygen atoms in total. The number of rotatable bonds is 4. The maximum atomic E-state index is 14.1. The minimum atomic E-state index is -0.166. The Morgan fingerprint density at radius 1 is 0.967 bits per heavy atom. The number of nitrogens with zero attached hydrogens (tertiary/aromatic N) is 4. The Morgan fingerprint density at radius 3 is 2.40 bits per heavy atom. The average molecular weight is 419 g/mol. The highest BCUT2D eigenvalue weighted by atomic mass is 19.1. The van der Waals surface area contributed by atoms with E-state index in [-0.39, 0.29) is 11.9 Å². The van der Waals surface area contributed by atoms with Crippen LogP contribution < -0.4 is 4.90 Å². The third kappa shape index (κ3) is 4.89. The van der Waals surface area contributed by atoms with E-state index in [0.717, 1.165) is 70.9 Å². The van der Waals surface area contributed by atoms with Gasteiger partial charge in [0.1, 0.15) is 5.82 Å². The summed E-state index contributed by atoms with van der Waals surface area (Å²) in [5.41, 5.74) is 0.732. The van der Waals surface area contributed by atoms with Gasteiger partial charge in [0.05, 0.1) is 12.3 Å². The van der Waals surface area contributed by atoms with E-state index in [2.05, 4.69) is 14.7 Å². The van der Waals surface area contributed by atoms with Crippen molar-refractivity contribution in [2.24, 2.45) is 0 Å². The van der Waals surface area contributed by atoms with Crippen molar-refractivity contribution in [3.63, 3.8) is 0 Å². The predicted molar refractivity (Wildman–Crippen MR) is 116 cm³/mol. The van der Waals surface area contributed by atoms with Crippen LogP contribution in [0.15, 0.2) is 24.3 Å². The number of carbonyl (C=O) groups is 1. The number of benzene rings is 1. The molecule has 30 heavy (non-hydrogen) atoms. The lowest BCUT2D eigenvalue weighted by Crippen LogP contribution is -2.57. The number of piperidine rings is 2. The Morgan fingerprint density at radius 2 is 1.70 bits per heavy atom. The van der Waals surface area contributed by atoms with Gasteiger partial charge in [0.25, 0.3) is 0 Å². The number of likely N-dealkylation sites (tertiary alicyclic amines) is 2. The van der Waals surface area contributed by atoms with Crippen LogP contribution in [0.2, 0.25) is 0 Å². The smallest absolute Gasteiger partial charge is 0.409 e. The molecule has 4 rings (SSSR count). The minimum Gasteiger partial charge on any atom is -0.450 e. The molecule has 3 fully saturated rings. The van der Waals surface area contributed by atoms with Gasteiger partial charge < -0.3 is 14.5 Å². The van der Waals surface area contributed by atoms with Crippen molar-refractivity contribution in [3.8, 4) is 0 Å². The van der Waals surface area contributed by atoms with Gasteiger partial charge in [0.2, 0.25) is 0 Å². The van der Waals surface area contributed by atoms with E-state index in [0.29, 0.717) is 18.7 Å². The lowest BCUT2D eigenvalue weighted by Gasteiger charge is -2.47. The molecule has 1 aromatic carbocycles. The Labute approximate surface area is 179 Å². The van der Waals surface area contributed by atoms with Crippen molar-refractivity contribution >= 4 is 11.8 Å². The summed E-state index contributed by atoms with van der Waals surface area (Å²) < 4.78 is 19.3. The Kier molecular flexibility index (Phi) is 7.10. The van der Waals surface area contributed by atoms with E-state index in [9.17, 15) is 9.18 Å². The lowest BCUT2D eigenvalue weighted by molar-refractivity contribution is 0.0375. The number of halogens is 1. The maximum Gasteiger partial charge on any atom is 0.409 e. The lowest BCUT2D eigenvalue weighted by atomic mass is 9.97. The van der Waals surface area contributed by atoms with Crippen LogP contribution in [0, 0.1) is 5.82 Å². The second kappa shape index (κ2) is 9.96. The molecule has 1 aromatic rings. The van der Waals surface area contributed by atoms with Crippen molar-refractivity contribution in [1.29, 1.82) is 0 Å². The summed E-state index contributed by atoms with van der Waals surface area (Å²) in [5.74, 6) is -0.121. The van der Waals surface area contributed by atoms with Gasteiger partial charge in [-0.25, -0.2) is 9.18 Å². The molecule has 3 aliphatic heterocycles. The number of carbonyl (C=O) groups excluding carboxylic acids is 1. The number of hydrogen-bond donors (Lipinski definition) is 0. The van der Waals surface area contributed by atoms with E-state index in [1.54, 1.807) is 12.1 Å². The molecule has 3 heterocycles. The number of ether oxygens (including phenoxy) is 1. The van der Waals surface area contributed by atoms with Crippen LogP contribution in [-0.2, 0) is 4.74 Å². The summed E-state index contributed by atoms with van der Waals surface area (Å²) >= 11 is 0. The number of anilines is 1. The van der Waals surface area contributed by atoms with Crippen molar-refractivity contribution < 1.29 is 13.9 Å². The number of amides is 1. The van der Waals surface area contributed by atoms with Crippen LogP contribution in [-0.4, -0.2) is 91.8 Å². The van der Waals surface area contributed by atoms with Gasteiger partial charge in [0, 0.05) is 57.9 Å². The van der Waals surface area contributed by atoms with E-state index >= 15 is 0 Å². The van der Waals surface area contributed by atoms with Crippen molar-refractivity contribution in [2.45, 2.75) is 44.7 Å². The van der Waals surface area contributed by atoms with Crippen LogP contribution in [0.25, 0.3) is 0 Å². The molecule has 0 bridgehead atoms. The summed E-state index contributed by atoms with van der Waals surface area (Å²) in [7, 11) is 0. The molecular weight excluding hydrogens is 383 g/mol. The SMILES string of the molecule is CCOC(=O)N1CCC(N2CCC[C@H](N3CCN(c4ccccc4F)CC3)C2)CC1. The quantitative estimate of drug-likeness (QED) is 0.752. The molecule has 0 N–H and O–H groups in total. The van der Waals surface area contributed by atoms with E-state index < -0.39 is 0 Å². The molecule has 166 valence electrons. The predicted octanol–water partition coefficient (Wildman–Crippen LogP) is 3.03. The third-order valence-corrected chi connectivity index (χ3v) is 6.96. The molecule has 7 heteroatoms. The topological polar surface area (TPSA) is 39.3 Å². The molecule has 0 saturated carbocycles. The van der Waals surface area contributed by atoms with Gasteiger partial charge >= 0.3 is 6.09 Å². The van der Waals surface area contributed by atoms with Crippen molar-refractivity contribution in [2.75, 3.05) is 63.9 Å². The van der Waals surface area contributed by atoms with E-state index in [4.69, 9.17) is 4.74 Å². The first-order chi connectivity index (χ1) is 14.7. The minimum absolute atomic E-state index is 0.121. The zero-order chi connectivity index (χ0) is 20.9. The zero-order valence-corrected chi connectivity index (χ0v) is 18.1. The Hall–Kier alpha value is -1.86. The highest BCUT2D eigenvalue weighted by Crippen LogP contribution is 2.26. The van der Waals surface area contributed by atoms with E-state index in [1.807, 2.05) is 24.0 Å². The molecule has 0 aliphatic carbocycles. The van der Waals surface area contributed by atoms with Gasteiger partial charge in [0.15, 0.2) is 0 Å². The molecule has 3 aliphatic rings. The molecular formula is C23H35FN4O2. The highest BCUT2D eigenvalue weighted by Gasteiger charge is 2.33. The normalized spacial score (nSPS) is 24.8. The first kappa shape index (κ1) is 21.4. The fourth-order valence-corrected chi connectivity index (χ4v) is 5.28. The second-order valence-electron chi connectivity index (χ2n) is 8.68. The summed E-state index contributed by atoms with van der Waals surface area (Å²) in [6, 6.07) is 8.26. The number of hydrogen-bond acceptors (Lipinski definition) is 5. The summed E-state index contributed by atoms with van der Waals surface area (Å²) in [4.78, 5) is 21.2. The van der Waals surface area contributed by atoms with Gasteiger partial charge in [-0.2, -0.15) is 0 Å². The first-order valence-electron chi connectivity index (χ1n) is 11.5. The number of piperazine rings is 1. The van der Waals surface area contributed by atoms with Crippen LogP contribution in [0.4, 0.5) is 14.9 Å². The fraction of sp³-hybridized carbons (Fsp3) is 0.696. The van der Waals surface area contributed by atoms with Crippen LogP contribution >= 0.6 is 0 Å². The summed E-state index contributed by atoms with van der Waals surface area (Å²) in [6.07, 6.45) is 4.38. The number of para-hydroxylation sites is 1.